The highest BCUT2D eigenvalue weighted by atomic mass is 35.5. The Morgan fingerprint density at radius 3 is 2.62 bits per heavy atom. The molecule has 1 aromatic rings. The highest BCUT2D eigenvalue weighted by Gasteiger charge is 2.33. The summed E-state index contributed by atoms with van der Waals surface area (Å²) in [6, 6.07) is 5.17. The molecule has 0 fully saturated rings. The number of methoxy groups -OCH3 is 1. The van der Waals surface area contributed by atoms with Gasteiger partial charge in [-0.05, 0) is 45.4 Å². The van der Waals surface area contributed by atoms with Crippen LogP contribution in [0.4, 0.5) is 5.69 Å². The summed E-state index contributed by atoms with van der Waals surface area (Å²) >= 11 is 6.25. The first-order valence-corrected chi connectivity index (χ1v) is 8.64. The lowest BCUT2D eigenvalue weighted by Gasteiger charge is -2.28. The number of ether oxygens (including phenoxy) is 3. The minimum atomic E-state index is -0.849. The molecule has 0 bridgehead atoms. The summed E-state index contributed by atoms with van der Waals surface area (Å²) in [7, 11) is 1.62. The lowest BCUT2D eigenvalue weighted by Crippen LogP contribution is -2.42. The summed E-state index contributed by atoms with van der Waals surface area (Å²) in [6.45, 7) is 8.56. The predicted molar refractivity (Wildman–Crippen MR) is 97.0 cm³/mol. The van der Waals surface area contributed by atoms with E-state index in [0.29, 0.717) is 36.1 Å². The van der Waals surface area contributed by atoms with Crippen LogP contribution in [0.1, 0.15) is 40.5 Å². The smallest absolute Gasteiger partial charge is 0.256 e. The Kier molecular flexibility index (Phi) is 8.53. The molecule has 0 saturated heterocycles. The lowest BCUT2D eigenvalue weighted by atomic mass is 9.99. The van der Waals surface area contributed by atoms with Crippen LogP contribution in [0.2, 0.25) is 5.02 Å². The minimum Gasteiger partial charge on any atom is -0.487 e. The second-order valence-corrected chi connectivity index (χ2v) is 6.30. The second-order valence-electron chi connectivity index (χ2n) is 5.90. The van der Waals surface area contributed by atoms with Crippen LogP contribution >= 0.6 is 11.6 Å². The van der Waals surface area contributed by atoms with E-state index in [2.05, 4.69) is 5.32 Å². The van der Waals surface area contributed by atoms with Crippen molar-refractivity contribution < 1.29 is 19.0 Å². The highest BCUT2D eigenvalue weighted by Crippen LogP contribution is 2.29. The van der Waals surface area contributed by atoms with Crippen LogP contribution in [0, 0.1) is 0 Å². The Hall–Kier alpha value is -1.30. The van der Waals surface area contributed by atoms with Crippen molar-refractivity contribution in [1.82, 2.24) is 0 Å². The summed E-state index contributed by atoms with van der Waals surface area (Å²) in [5, 5.41) is 3.30. The summed E-state index contributed by atoms with van der Waals surface area (Å²) < 4.78 is 16.4. The average molecular weight is 358 g/mol. The normalized spacial score (nSPS) is 14.8. The Bertz CT molecular complexity index is 530. The Labute approximate surface area is 149 Å². The topological polar surface area (TPSA) is 56.8 Å². The van der Waals surface area contributed by atoms with Gasteiger partial charge in [-0.3, -0.25) is 4.79 Å². The standard InChI is InChI=1S/C18H28ClNO4/c1-6-10-18(4,23-7-2)17(21)20-14-8-9-16(15(19)11-14)24-13(3)12-22-5/h8-9,11,13H,6-7,10,12H2,1-5H3,(H,20,21)/t13-,18-/m1/s1. The number of amides is 1. The maximum atomic E-state index is 12.5. The molecule has 1 rings (SSSR count). The van der Waals surface area contributed by atoms with Crippen LogP contribution in [0.5, 0.6) is 5.75 Å². The third-order valence-electron chi connectivity index (χ3n) is 3.59. The van der Waals surface area contributed by atoms with Crippen LogP contribution in [-0.2, 0) is 14.3 Å². The maximum absolute atomic E-state index is 12.5. The molecular weight excluding hydrogens is 330 g/mol. The van der Waals surface area contributed by atoms with Crippen molar-refractivity contribution in [3.8, 4) is 5.75 Å². The third-order valence-corrected chi connectivity index (χ3v) is 3.88. The quantitative estimate of drug-likeness (QED) is 0.678. The summed E-state index contributed by atoms with van der Waals surface area (Å²) in [5.74, 6) is 0.379. The largest absolute Gasteiger partial charge is 0.487 e. The lowest BCUT2D eigenvalue weighted by molar-refractivity contribution is -0.139. The zero-order chi connectivity index (χ0) is 18.2. The van der Waals surface area contributed by atoms with Gasteiger partial charge in [-0.15, -0.1) is 0 Å². The molecule has 2 atom stereocenters. The molecule has 0 radical (unpaired) electrons. The molecule has 5 nitrogen and oxygen atoms in total. The number of benzene rings is 1. The molecule has 136 valence electrons. The number of hydrogen-bond donors (Lipinski definition) is 1. The first-order chi connectivity index (χ1) is 11.4. The van der Waals surface area contributed by atoms with Crippen LogP contribution < -0.4 is 10.1 Å². The number of carbonyl (C=O) groups is 1. The van der Waals surface area contributed by atoms with Gasteiger partial charge >= 0.3 is 0 Å². The van der Waals surface area contributed by atoms with Crippen LogP contribution in [0.15, 0.2) is 18.2 Å². The highest BCUT2D eigenvalue weighted by molar-refractivity contribution is 6.32. The fraction of sp³-hybridized carbons (Fsp3) is 0.611. The average Bonchev–Trinajstić information content (AvgIpc) is 2.50. The fourth-order valence-electron chi connectivity index (χ4n) is 2.47. The van der Waals surface area contributed by atoms with Crippen molar-refractivity contribution in [2.45, 2.75) is 52.2 Å². The molecule has 0 saturated carbocycles. The Morgan fingerprint density at radius 1 is 1.38 bits per heavy atom. The van der Waals surface area contributed by atoms with Crippen molar-refractivity contribution in [2.24, 2.45) is 0 Å². The van der Waals surface area contributed by atoms with Crippen molar-refractivity contribution in [3.63, 3.8) is 0 Å². The molecule has 1 N–H and O–H groups in total. The van der Waals surface area contributed by atoms with E-state index in [0.717, 1.165) is 6.42 Å². The number of anilines is 1. The number of nitrogens with one attached hydrogen (secondary N) is 1. The van der Waals surface area contributed by atoms with E-state index in [-0.39, 0.29) is 12.0 Å². The minimum absolute atomic E-state index is 0.112. The third kappa shape index (κ3) is 5.96. The molecule has 1 aromatic carbocycles. The Morgan fingerprint density at radius 2 is 2.08 bits per heavy atom. The molecular formula is C18H28ClNO4. The van der Waals surface area contributed by atoms with E-state index in [1.807, 2.05) is 20.8 Å². The molecule has 0 aliphatic rings. The van der Waals surface area contributed by atoms with E-state index in [9.17, 15) is 4.79 Å². The molecule has 0 aromatic heterocycles. The molecule has 0 unspecified atom stereocenters. The summed E-state index contributed by atoms with van der Waals surface area (Å²) in [4.78, 5) is 12.5. The Balaban J connectivity index is 2.81. The van der Waals surface area contributed by atoms with Gasteiger partial charge in [-0.1, -0.05) is 24.9 Å². The molecule has 1 amide bonds. The fourth-order valence-corrected chi connectivity index (χ4v) is 2.69. The van der Waals surface area contributed by atoms with E-state index < -0.39 is 5.60 Å². The van der Waals surface area contributed by atoms with Crippen LogP contribution in [0.3, 0.4) is 0 Å². The first-order valence-electron chi connectivity index (χ1n) is 8.26. The zero-order valence-electron chi connectivity index (χ0n) is 15.1. The number of halogens is 1. The van der Waals surface area contributed by atoms with E-state index in [1.54, 1.807) is 32.2 Å². The maximum Gasteiger partial charge on any atom is 0.256 e. The molecule has 0 aliphatic carbocycles. The van der Waals surface area contributed by atoms with Crippen molar-refractivity contribution in [3.05, 3.63) is 23.2 Å². The van der Waals surface area contributed by atoms with Gasteiger partial charge in [0.1, 0.15) is 17.5 Å². The van der Waals surface area contributed by atoms with Gasteiger partial charge < -0.3 is 19.5 Å². The summed E-state index contributed by atoms with van der Waals surface area (Å²) in [6.07, 6.45) is 1.39. The molecule has 0 heterocycles. The van der Waals surface area contributed by atoms with E-state index >= 15 is 0 Å². The number of hydrogen-bond acceptors (Lipinski definition) is 4. The number of rotatable bonds is 10. The molecule has 0 spiro atoms. The van der Waals surface area contributed by atoms with E-state index in [1.165, 1.54) is 0 Å². The number of carbonyl (C=O) groups excluding carboxylic acids is 1. The van der Waals surface area contributed by atoms with Gasteiger partial charge in [-0.2, -0.15) is 0 Å². The second kappa shape index (κ2) is 9.87. The van der Waals surface area contributed by atoms with Crippen LogP contribution in [-0.4, -0.2) is 37.9 Å². The van der Waals surface area contributed by atoms with Crippen molar-refractivity contribution in [2.75, 3.05) is 25.6 Å². The first kappa shape index (κ1) is 20.7. The summed E-state index contributed by atoms with van der Waals surface area (Å²) in [5.41, 5.74) is -0.239. The zero-order valence-corrected chi connectivity index (χ0v) is 15.9. The molecule has 6 heteroatoms. The van der Waals surface area contributed by atoms with Gasteiger partial charge in [-0.25, -0.2) is 0 Å². The van der Waals surface area contributed by atoms with E-state index in [4.69, 9.17) is 25.8 Å². The van der Waals surface area contributed by atoms with Gasteiger partial charge in [0.25, 0.3) is 5.91 Å². The van der Waals surface area contributed by atoms with Gasteiger partial charge in [0.15, 0.2) is 0 Å². The van der Waals surface area contributed by atoms with Crippen molar-refractivity contribution >= 4 is 23.2 Å². The van der Waals surface area contributed by atoms with Gasteiger partial charge in [0.05, 0.1) is 11.6 Å². The van der Waals surface area contributed by atoms with Gasteiger partial charge in [0.2, 0.25) is 0 Å². The van der Waals surface area contributed by atoms with Gasteiger partial charge in [0, 0.05) is 19.4 Å². The van der Waals surface area contributed by atoms with Crippen LogP contribution in [0.25, 0.3) is 0 Å². The molecule has 0 aliphatic heterocycles. The predicted octanol–water partition coefficient (Wildman–Crippen LogP) is 4.29. The molecule has 24 heavy (non-hydrogen) atoms. The van der Waals surface area contributed by atoms with Crippen molar-refractivity contribution in [1.29, 1.82) is 0 Å². The SMILES string of the molecule is CCC[C@@](C)(OCC)C(=O)Nc1ccc(O[C@H](C)COC)c(Cl)c1. The monoisotopic (exact) mass is 357 g/mol.